The Morgan fingerprint density at radius 3 is 2.94 bits per heavy atom. The minimum Gasteiger partial charge on any atom is -0.292 e. The van der Waals surface area contributed by atoms with E-state index in [0.29, 0.717) is 0 Å². The lowest BCUT2D eigenvalue weighted by Crippen LogP contribution is -2.27. The summed E-state index contributed by atoms with van der Waals surface area (Å²) in [7, 11) is 0. The maximum Gasteiger partial charge on any atom is 0.181 e. The monoisotopic (exact) mass is 206 g/mol. The molecule has 2 bridgehead atoms. The SMILES string of the molecule is O=C1C2=CC=CC3=CC=CC13C=CC1=C2C1. The second-order valence-corrected chi connectivity index (χ2v) is 4.63. The largest absolute Gasteiger partial charge is 0.292 e. The normalized spacial score (nSPS) is 32.9. The van der Waals surface area contributed by atoms with E-state index in [1.807, 2.05) is 36.5 Å². The summed E-state index contributed by atoms with van der Waals surface area (Å²) in [5.74, 6) is 0.233. The Morgan fingerprint density at radius 2 is 2.00 bits per heavy atom. The molecule has 1 nitrogen and oxygen atoms in total. The highest BCUT2D eigenvalue weighted by Gasteiger charge is 2.45. The molecular weight excluding hydrogens is 196 g/mol. The maximum absolute atomic E-state index is 12.6. The Bertz CT molecular complexity index is 605. The van der Waals surface area contributed by atoms with Crippen LogP contribution in [0, 0.1) is 5.41 Å². The molecule has 4 aliphatic carbocycles. The molecule has 76 valence electrons. The predicted octanol–water partition coefficient (Wildman–Crippen LogP) is 2.80. The molecule has 1 spiro atoms. The van der Waals surface area contributed by atoms with Gasteiger partial charge in [0.05, 0.1) is 5.41 Å². The fourth-order valence-electron chi connectivity index (χ4n) is 2.76. The minimum atomic E-state index is -0.508. The van der Waals surface area contributed by atoms with E-state index < -0.39 is 5.41 Å². The molecule has 0 saturated carbocycles. The third-order valence-electron chi connectivity index (χ3n) is 3.77. The Kier molecular flexibility index (Phi) is 1.26. The van der Waals surface area contributed by atoms with Crippen molar-refractivity contribution in [1.29, 1.82) is 0 Å². The molecule has 1 heteroatoms. The molecule has 0 aromatic rings. The van der Waals surface area contributed by atoms with Crippen molar-refractivity contribution in [2.24, 2.45) is 5.41 Å². The Balaban J connectivity index is 2.05. The van der Waals surface area contributed by atoms with Crippen LogP contribution in [0.1, 0.15) is 6.42 Å². The van der Waals surface area contributed by atoms with Gasteiger partial charge in [0.2, 0.25) is 0 Å². The number of rotatable bonds is 0. The number of ketones is 1. The average Bonchev–Trinajstić information content (AvgIpc) is 2.98. The van der Waals surface area contributed by atoms with Crippen LogP contribution in [-0.4, -0.2) is 5.78 Å². The van der Waals surface area contributed by atoms with Crippen LogP contribution in [0.5, 0.6) is 0 Å². The second kappa shape index (κ2) is 2.43. The molecule has 0 heterocycles. The van der Waals surface area contributed by atoms with E-state index in [4.69, 9.17) is 0 Å². The second-order valence-electron chi connectivity index (χ2n) is 4.63. The summed E-state index contributed by atoms with van der Waals surface area (Å²) in [5, 5.41) is 0. The molecule has 4 rings (SSSR count). The van der Waals surface area contributed by atoms with Crippen LogP contribution < -0.4 is 0 Å². The Hall–Kier alpha value is -1.89. The number of allylic oxidation sites excluding steroid dienone is 12. The summed E-state index contributed by atoms with van der Waals surface area (Å²) in [4.78, 5) is 12.6. The summed E-state index contributed by atoms with van der Waals surface area (Å²) in [5.41, 5.74) is 4.05. The summed E-state index contributed by atoms with van der Waals surface area (Å²) < 4.78 is 0. The van der Waals surface area contributed by atoms with Crippen LogP contribution in [0.2, 0.25) is 0 Å². The number of hydrogen-bond donors (Lipinski definition) is 0. The third kappa shape index (κ3) is 0.804. The van der Waals surface area contributed by atoms with Gasteiger partial charge in [0.25, 0.3) is 0 Å². The molecule has 0 N–H and O–H groups in total. The van der Waals surface area contributed by atoms with Gasteiger partial charge in [-0.05, 0) is 23.1 Å². The molecule has 0 radical (unpaired) electrons. The third-order valence-corrected chi connectivity index (χ3v) is 3.77. The fraction of sp³-hybridized carbons (Fsp3) is 0.133. The van der Waals surface area contributed by atoms with E-state index in [0.717, 1.165) is 17.6 Å². The number of hydrogen-bond acceptors (Lipinski definition) is 1. The van der Waals surface area contributed by atoms with Gasteiger partial charge in [-0.2, -0.15) is 0 Å². The molecule has 1 atom stereocenters. The van der Waals surface area contributed by atoms with E-state index in [2.05, 4.69) is 12.2 Å². The van der Waals surface area contributed by atoms with E-state index in [9.17, 15) is 4.79 Å². The first-order chi connectivity index (χ1) is 7.81. The molecule has 0 amide bonds. The van der Waals surface area contributed by atoms with Crippen molar-refractivity contribution >= 4 is 5.78 Å². The summed E-state index contributed by atoms with van der Waals surface area (Å²) in [6.07, 6.45) is 17.2. The van der Waals surface area contributed by atoms with Gasteiger partial charge >= 0.3 is 0 Å². The van der Waals surface area contributed by atoms with Crippen molar-refractivity contribution in [1.82, 2.24) is 0 Å². The van der Waals surface area contributed by atoms with Gasteiger partial charge in [-0.3, -0.25) is 4.79 Å². The van der Waals surface area contributed by atoms with Crippen LogP contribution in [0.15, 0.2) is 70.9 Å². The molecule has 0 saturated heterocycles. The zero-order valence-electron chi connectivity index (χ0n) is 8.73. The van der Waals surface area contributed by atoms with Crippen LogP contribution in [0.25, 0.3) is 0 Å². The van der Waals surface area contributed by atoms with Crippen molar-refractivity contribution in [2.45, 2.75) is 6.42 Å². The number of carbonyl (C=O) groups is 1. The molecule has 4 aliphatic rings. The topological polar surface area (TPSA) is 17.1 Å². The van der Waals surface area contributed by atoms with E-state index in [1.54, 1.807) is 0 Å². The smallest absolute Gasteiger partial charge is 0.181 e. The highest BCUT2D eigenvalue weighted by atomic mass is 16.1. The lowest BCUT2D eigenvalue weighted by molar-refractivity contribution is -0.118. The van der Waals surface area contributed by atoms with Crippen molar-refractivity contribution in [2.75, 3.05) is 0 Å². The van der Waals surface area contributed by atoms with Crippen LogP contribution in [0.3, 0.4) is 0 Å². The standard InChI is InChI=1S/C15H10O/c16-14-12-5-1-3-11-4-2-7-15(11,14)8-6-10-9-13(10)12/h1-8H,9H2. The van der Waals surface area contributed by atoms with Gasteiger partial charge in [-0.15, -0.1) is 0 Å². The van der Waals surface area contributed by atoms with Crippen LogP contribution >= 0.6 is 0 Å². The van der Waals surface area contributed by atoms with Crippen molar-refractivity contribution in [3.8, 4) is 0 Å². The maximum atomic E-state index is 12.6. The molecule has 16 heavy (non-hydrogen) atoms. The van der Waals surface area contributed by atoms with E-state index >= 15 is 0 Å². The minimum absolute atomic E-state index is 0.233. The number of fused-ring (bicyclic) bond motifs is 2. The van der Waals surface area contributed by atoms with Crippen molar-refractivity contribution < 1.29 is 4.79 Å². The Labute approximate surface area is 93.8 Å². The molecule has 1 unspecified atom stereocenters. The highest BCUT2D eigenvalue weighted by Crippen LogP contribution is 2.50. The summed E-state index contributed by atoms with van der Waals surface area (Å²) in [6, 6.07) is 0. The van der Waals surface area contributed by atoms with Gasteiger partial charge < -0.3 is 0 Å². The predicted molar refractivity (Wildman–Crippen MR) is 62.7 cm³/mol. The summed E-state index contributed by atoms with van der Waals surface area (Å²) in [6.45, 7) is 0. The van der Waals surface area contributed by atoms with Crippen LogP contribution in [0.4, 0.5) is 0 Å². The van der Waals surface area contributed by atoms with Gasteiger partial charge in [0.15, 0.2) is 5.78 Å². The van der Waals surface area contributed by atoms with Crippen molar-refractivity contribution in [3.05, 3.63) is 70.9 Å². The molecule has 0 aliphatic heterocycles. The zero-order valence-corrected chi connectivity index (χ0v) is 8.73. The van der Waals surface area contributed by atoms with Gasteiger partial charge in [-0.25, -0.2) is 0 Å². The highest BCUT2D eigenvalue weighted by molar-refractivity contribution is 6.11. The van der Waals surface area contributed by atoms with Crippen molar-refractivity contribution in [3.63, 3.8) is 0 Å². The first-order valence-electron chi connectivity index (χ1n) is 5.56. The van der Waals surface area contributed by atoms with E-state index in [1.165, 1.54) is 11.1 Å². The average molecular weight is 206 g/mol. The molecule has 0 aromatic carbocycles. The molecule has 0 aromatic heterocycles. The van der Waals surface area contributed by atoms with Gasteiger partial charge in [0.1, 0.15) is 0 Å². The molecular formula is C15H10O. The summed E-state index contributed by atoms with van der Waals surface area (Å²) >= 11 is 0. The number of carbonyl (C=O) groups excluding carboxylic acids is 1. The van der Waals surface area contributed by atoms with E-state index in [-0.39, 0.29) is 5.78 Å². The lowest BCUT2D eigenvalue weighted by Gasteiger charge is -2.23. The molecule has 0 fully saturated rings. The number of Topliss-reactive ketones (excluding diaryl/α,β-unsaturated/α-hetero) is 1. The first kappa shape index (κ1) is 8.28. The van der Waals surface area contributed by atoms with Crippen LogP contribution in [-0.2, 0) is 4.79 Å². The quantitative estimate of drug-likeness (QED) is 0.595. The van der Waals surface area contributed by atoms with Gasteiger partial charge in [-0.1, -0.05) is 48.6 Å². The Morgan fingerprint density at radius 1 is 1.06 bits per heavy atom. The zero-order chi connectivity index (χ0) is 10.8. The lowest BCUT2D eigenvalue weighted by atomic mass is 9.76. The first-order valence-corrected chi connectivity index (χ1v) is 5.56. The fourth-order valence-corrected chi connectivity index (χ4v) is 2.76. The van der Waals surface area contributed by atoms with Gasteiger partial charge in [0, 0.05) is 5.57 Å².